The zero-order valence-electron chi connectivity index (χ0n) is 17.1. The molecule has 6 nitrogen and oxygen atoms in total. The molecule has 2 N–H and O–H groups in total. The van der Waals surface area contributed by atoms with Crippen molar-refractivity contribution < 1.29 is 4.52 Å². The van der Waals surface area contributed by atoms with Crippen LogP contribution in [0.3, 0.4) is 0 Å². The zero-order chi connectivity index (χ0) is 20.3. The Balaban J connectivity index is 1.65. The highest BCUT2D eigenvalue weighted by Crippen LogP contribution is 2.21. The molecule has 1 unspecified atom stereocenters. The van der Waals surface area contributed by atoms with Crippen LogP contribution in [0.2, 0.25) is 0 Å². The van der Waals surface area contributed by atoms with Crippen molar-refractivity contribution in [3.63, 3.8) is 0 Å². The molecule has 29 heavy (non-hydrogen) atoms. The van der Waals surface area contributed by atoms with Gasteiger partial charge in [-0.2, -0.15) is 4.98 Å². The van der Waals surface area contributed by atoms with E-state index in [1.807, 2.05) is 6.92 Å². The average molecular weight is 392 g/mol. The van der Waals surface area contributed by atoms with E-state index in [9.17, 15) is 0 Å². The summed E-state index contributed by atoms with van der Waals surface area (Å²) < 4.78 is 5.17. The Morgan fingerprint density at radius 2 is 1.76 bits per heavy atom. The fourth-order valence-electron chi connectivity index (χ4n) is 3.18. The Labute approximate surface area is 172 Å². The van der Waals surface area contributed by atoms with Crippen LogP contribution in [0.5, 0.6) is 0 Å². The first-order chi connectivity index (χ1) is 14.2. The maximum atomic E-state index is 5.17. The van der Waals surface area contributed by atoms with E-state index in [1.165, 1.54) is 11.1 Å². The number of hydrogen-bond acceptors (Lipinski definition) is 4. The highest BCUT2D eigenvalue weighted by atomic mass is 16.5. The minimum atomic E-state index is 0.313. The van der Waals surface area contributed by atoms with Crippen molar-refractivity contribution in [2.45, 2.75) is 32.6 Å². The van der Waals surface area contributed by atoms with Crippen LogP contribution in [0.25, 0.3) is 0 Å². The van der Waals surface area contributed by atoms with Crippen molar-refractivity contribution >= 4 is 5.96 Å². The second kappa shape index (κ2) is 11.0. The van der Waals surface area contributed by atoms with Crippen LogP contribution in [0.15, 0.2) is 70.2 Å². The SMILES string of the molecule is CCNC(=NCC(Cc1ccccc1)c1ccccc1)NCCc1nc(C)no1. The lowest BCUT2D eigenvalue weighted by molar-refractivity contribution is 0.374. The van der Waals surface area contributed by atoms with Crippen molar-refractivity contribution in [1.82, 2.24) is 20.8 Å². The van der Waals surface area contributed by atoms with Crippen LogP contribution in [-0.2, 0) is 12.8 Å². The van der Waals surface area contributed by atoms with Crippen LogP contribution in [-0.4, -0.2) is 35.7 Å². The van der Waals surface area contributed by atoms with Gasteiger partial charge in [0.15, 0.2) is 11.8 Å². The number of hydrogen-bond donors (Lipinski definition) is 2. The summed E-state index contributed by atoms with van der Waals surface area (Å²) in [5.74, 6) is 2.41. The second-order valence-corrected chi connectivity index (χ2v) is 6.93. The topological polar surface area (TPSA) is 75.3 Å². The molecule has 0 aliphatic rings. The number of aliphatic imine (C=N–C) groups is 1. The molecule has 152 valence electrons. The highest BCUT2D eigenvalue weighted by Gasteiger charge is 2.13. The summed E-state index contributed by atoms with van der Waals surface area (Å²) in [7, 11) is 0. The van der Waals surface area contributed by atoms with Gasteiger partial charge in [-0.05, 0) is 31.4 Å². The smallest absolute Gasteiger partial charge is 0.228 e. The van der Waals surface area contributed by atoms with Crippen molar-refractivity contribution in [1.29, 1.82) is 0 Å². The first-order valence-electron chi connectivity index (χ1n) is 10.1. The molecule has 0 spiro atoms. The van der Waals surface area contributed by atoms with E-state index >= 15 is 0 Å². The van der Waals surface area contributed by atoms with Gasteiger partial charge in [0.1, 0.15) is 0 Å². The number of guanidine groups is 1. The normalized spacial score (nSPS) is 12.6. The predicted molar refractivity (Wildman–Crippen MR) is 116 cm³/mol. The molecule has 0 saturated heterocycles. The summed E-state index contributed by atoms with van der Waals surface area (Å²) in [5.41, 5.74) is 2.62. The maximum absolute atomic E-state index is 5.17. The predicted octanol–water partition coefficient (Wildman–Crippen LogP) is 3.50. The first-order valence-corrected chi connectivity index (χ1v) is 10.1. The van der Waals surface area contributed by atoms with E-state index in [1.54, 1.807) is 0 Å². The lowest BCUT2D eigenvalue weighted by atomic mass is 9.92. The van der Waals surface area contributed by atoms with Gasteiger partial charge in [0.2, 0.25) is 5.89 Å². The van der Waals surface area contributed by atoms with Crippen molar-refractivity contribution in [3.8, 4) is 0 Å². The van der Waals surface area contributed by atoms with Crippen molar-refractivity contribution in [2.75, 3.05) is 19.6 Å². The lowest BCUT2D eigenvalue weighted by Crippen LogP contribution is -2.38. The summed E-state index contributed by atoms with van der Waals surface area (Å²) in [6.07, 6.45) is 1.62. The van der Waals surface area contributed by atoms with Gasteiger partial charge in [-0.3, -0.25) is 4.99 Å². The van der Waals surface area contributed by atoms with Gasteiger partial charge < -0.3 is 15.2 Å². The van der Waals surface area contributed by atoms with Gasteiger partial charge in [-0.25, -0.2) is 0 Å². The summed E-state index contributed by atoms with van der Waals surface area (Å²) in [6, 6.07) is 21.2. The Morgan fingerprint density at radius 1 is 1.03 bits per heavy atom. The summed E-state index contributed by atoms with van der Waals surface area (Å²) >= 11 is 0. The van der Waals surface area contributed by atoms with Crippen LogP contribution in [0.1, 0.15) is 35.7 Å². The molecule has 0 bridgehead atoms. The van der Waals surface area contributed by atoms with Gasteiger partial charge in [0.25, 0.3) is 0 Å². The third-order valence-corrected chi connectivity index (χ3v) is 4.61. The first kappa shape index (κ1) is 20.6. The van der Waals surface area contributed by atoms with E-state index in [0.29, 0.717) is 37.1 Å². The van der Waals surface area contributed by atoms with Gasteiger partial charge in [-0.1, -0.05) is 65.8 Å². The minimum Gasteiger partial charge on any atom is -0.357 e. The highest BCUT2D eigenvalue weighted by molar-refractivity contribution is 5.79. The van der Waals surface area contributed by atoms with Crippen LogP contribution >= 0.6 is 0 Å². The summed E-state index contributed by atoms with van der Waals surface area (Å²) in [6.45, 7) is 6.08. The third-order valence-electron chi connectivity index (χ3n) is 4.61. The molecule has 2 aromatic carbocycles. The molecule has 1 aromatic heterocycles. The monoisotopic (exact) mass is 391 g/mol. The average Bonchev–Trinajstić information content (AvgIpc) is 3.17. The van der Waals surface area contributed by atoms with E-state index in [0.717, 1.165) is 18.9 Å². The molecule has 1 heterocycles. The molecule has 3 rings (SSSR count). The largest absolute Gasteiger partial charge is 0.357 e. The molecular weight excluding hydrogens is 362 g/mol. The molecule has 0 radical (unpaired) electrons. The van der Waals surface area contributed by atoms with Gasteiger partial charge in [-0.15, -0.1) is 0 Å². The molecule has 0 aliphatic carbocycles. The molecule has 0 amide bonds. The Bertz CT molecular complexity index is 877. The van der Waals surface area contributed by atoms with Crippen LogP contribution in [0, 0.1) is 6.92 Å². The van der Waals surface area contributed by atoms with Crippen molar-refractivity contribution in [2.24, 2.45) is 4.99 Å². The molecule has 0 fully saturated rings. The summed E-state index contributed by atoms with van der Waals surface area (Å²) in [4.78, 5) is 9.09. The molecule has 3 aromatic rings. The molecule has 1 atom stereocenters. The number of aromatic nitrogens is 2. The van der Waals surface area contributed by atoms with E-state index in [-0.39, 0.29) is 0 Å². The fraction of sp³-hybridized carbons (Fsp3) is 0.348. The van der Waals surface area contributed by atoms with E-state index < -0.39 is 0 Å². The Kier molecular flexibility index (Phi) is 7.81. The number of rotatable bonds is 9. The molecule has 0 saturated carbocycles. The maximum Gasteiger partial charge on any atom is 0.228 e. The number of nitrogens with zero attached hydrogens (tertiary/aromatic N) is 3. The van der Waals surface area contributed by atoms with E-state index in [4.69, 9.17) is 9.52 Å². The van der Waals surface area contributed by atoms with Gasteiger partial charge in [0, 0.05) is 32.0 Å². The third kappa shape index (κ3) is 6.75. The van der Waals surface area contributed by atoms with Crippen LogP contribution < -0.4 is 10.6 Å². The van der Waals surface area contributed by atoms with Gasteiger partial charge in [0.05, 0.1) is 0 Å². The number of nitrogens with one attached hydrogen (secondary N) is 2. The zero-order valence-corrected chi connectivity index (χ0v) is 17.1. The quantitative estimate of drug-likeness (QED) is 0.431. The lowest BCUT2D eigenvalue weighted by Gasteiger charge is -2.17. The fourth-order valence-corrected chi connectivity index (χ4v) is 3.18. The molecular formula is C23H29N5O. The standard InChI is InChI=1S/C23H29N5O/c1-3-24-23(25-15-14-22-27-18(2)28-29-22)26-17-21(20-12-8-5-9-13-20)16-19-10-6-4-7-11-19/h4-13,21H,3,14-17H2,1-2H3,(H2,24,25,26). The number of aryl methyl sites for hydroxylation is 1. The Morgan fingerprint density at radius 3 is 2.41 bits per heavy atom. The second-order valence-electron chi connectivity index (χ2n) is 6.93. The van der Waals surface area contributed by atoms with Crippen molar-refractivity contribution in [3.05, 3.63) is 83.5 Å². The molecule has 0 aliphatic heterocycles. The van der Waals surface area contributed by atoms with Crippen LogP contribution in [0.4, 0.5) is 0 Å². The summed E-state index contributed by atoms with van der Waals surface area (Å²) in [5, 5.41) is 10.5. The van der Waals surface area contributed by atoms with Gasteiger partial charge >= 0.3 is 0 Å². The molecule has 6 heteroatoms. The Hall–Kier alpha value is -3.15. The minimum absolute atomic E-state index is 0.313. The van der Waals surface area contributed by atoms with E-state index in [2.05, 4.69) is 88.4 Å². The number of benzene rings is 2.